The summed E-state index contributed by atoms with van der Waals surface area (Å²) in [7, 11) is 3.54. The van der Waals surface area contributed by atoms with E-state index in [2.05, 4.69) is 5.32 Å². The van der Waals surface area contributed by atoms with Crippen molar-refractivity contribution in [1.29, 1.82) is 0 Å². The number of carbonyl (C=O) groups excluding carboxylic acids is 1. The maximum absolute atomic E-state index is 13.5. The Morgan fingerprint density at radius 1 is 1.33 bits per heavy atom. The Morgan fingerprint density at radius 3 is 2.62 bits per heavy atom. The molecule has 116 valence electrons. The topological polar surface area (TPSA) is 35.6 Å². The lowest BCUT2D eigenvalue weighted by Gasteiger charge is -2.40. The van der Waals surface area contributed by atoms with Gasteiger partial charge in [0.15, 0.2) is 0 Å². The second kappa shape index (κ2) is 5.72. The van der Waals surface area contributed by atoms with Crippen LogP contribution in [0.4, 0.5) is 14.9 Å². The molecule has 6 heteroatoms. The summed E-state index contributed by atoms with van der Waals surface area (Å²) >= 11 is 0. The van der Waals surface area contributed by atoms with E-state index in [1.807, 2.05) is 11.0 Å². The van der Waals surface area contributed by atoms with Crippen LogP contribution in [0.5, 0.6) is 0 Å². The second-order valence-corrected chi connectivity index (χ2v) is 5.99. The highest BCUT2D eigenvalue weighted by molar-refractivity contribution is 5.85. The largest absolute Gasteiger partial charge is 0.384 e. The number of nitrogens with zero attached hydrogens (tertiary/aromatic N) is 2. The van der Waals surface area contributed by atoms with Crippen molar-refractivity contribution in [3.05, 3.63) is 29.6 Å². The lowest BCUT2D eigenvalue weighted by atomic mass is 9.74. The van der Waals surface area contributed by atoms with Gasteiger partial charge in [-0.2, -0.15) is 0 Å². The van der Waals surface area contributed by atoms with Crippen molar-refractivity contribution in [2.75, 3.05) is 39.0 Å². The number of amides is 2. The van der Waals surface area contributed by atoms with Gasteiger partial charge in [-0.1, -0.05) is 0 Å². The minimum Gasteiger partial charge on any atom is -0.384 e. The Balaban J connectivity index is 0.00000161. The lowest BCUT2D eigenvalue weighted by Crippen LogP contribution is -2.49. The minimum absolute atomic E-state index is 0. The van der Waals surface area contributed by atoms with Gasteiger partial charge in [-0.3, -0.25) is 0 Å². The number of benzene rings is 1. The Kier molecular flexibility index (Phi) is 4.33. The molecule has 1 aromatic rings. The van der Waals surface area contributed by atoms with E-state index in [4.69, 9.17) is 0 Å². The van der Waals surface area contributed by atoms with Crippen molar-refractivity contribution in [3.63, 3.8) is 0 Å². The van der Waals surface area contributed by atoms with E-state index in [9.17, 15) is 9.18 Å². The quantitative estimate of drug-likeness (QED) is 0.799. The SMILES string of the molecule is CN(C)C(=O)N1CCC2(CC1)CNc1ccc(F)cc12.Cl. The van der Waals surface area contributed by atoms with Crippen molar-refractivity contribution in [2.45, 2.75) is 18.3 Å². The monoisotopic (exact) mass is 313 g/mol. The Labute approximate surface area is 130 Å². The number of fused-ring (bicyclic) bond motifs is 2. The smallest absolute Gasteiger partial charge is 0.319 e. The Hall–Kier alpha value is -1.49. The summed E-state index contributed by atoms with van der Waals surface area (Å²) in [6.45, 7) is 2.30. The molecule has 21 heavy (non-hydrogen) atoms. The van der Waals surface area contributed by atoms with Crippen LogP contribution in [0.2, 0.25) is 0 Å². The normalized spacial score (nSPS) is 18.7. The predicted molar refractivity (Wildman–Crippen MR) is 83.7 cm³/mol. The number of hydrogen-bond acceptors (Lipinski definition) is 2. The number of hydrogen-bond donors (Lipinski definition) is 1. The Bertz CT molecular complexity index is 542. The summed E-state index contributed by atoms with van der Waals surface area (Å²) in [5.41, 5.74) is 2.11. The van der Waals surface area contributed by atoms with Gasteiger partial charge in [-0.15, -0.1) is 12.4 Å². The zero-order chi connectivity index (χ0) is 14.3. The molecule has 1 N–H and O–H groups in total. The molecule has 2 aliphatic heterocycles. The number of nitrogens with one attached hydrogen (secondary N) is 1. The molecule has 1 saturated heterocycles. The van der Waals surface area contributed by atoms with Gasteiger partial charge < -0.3 is 15.1 Å². The van der Waals surface area contributed by atoms with E-state index >= 15 is 0 Å². The fraction of sp³-hybridized carbons (Fsp3) is 0.533. The summed E-state index contributed by atoms with van der Waals surface area (Å²) in [6.07, 6.45) is 1.77. The molecule has 1 spiro atoms. The molecule has 0 aliphatic carbocycles. The molecule has 1 aromatic carbocycles. The highest BCUT2D eigenvalue weighted by Crippen LogP contribution is 2.44. The van der Waals surface area contributed by atoms with E-state index in [-0.39, 0.29) is 29.7 Å². The number of anilines is 1. The van der Waals surface area contributed by atoms with Crippen LogP contribution >= 0.6 is 12.4 Å². The first-order chi connectivity index (χ1) is 9.52. The van der Waals surface area contributed by atoms with E-state index in [1.165, 1.54) is 6.07 Å². The maximum atomic E-state index is 13.5. The molecule has 1 fully saturated rings. The van der Waals surface area contributed by atoms with Crippen molar-refractivity contribution in [2.24, 2.45) is 0 Å². The van der Waals surface area contributed by atoms with Crippen LogP contribution in [-0.2, 0) is 5.41 Å². The highest BCUT2D eigenvalue weighted by Gasteiger charge is 2.42. The van der Waals surface area contributed by atoms with Crippen LogP contribution in [0, 0.1) is 5.82 Å². The third-order valence-corrected chi connectivity index (χ3v) is 4.54. The van der Waals surface area contributed by atoms with Crippen LogP contribution in [0.3, 0.4) is 0 Å². The fourth-order valence-electron chi connectivity index (χ4n) is 3.32. The number of halogens is 2. The summed E-state index contributed by atoms with van der Waals surface area (Å²) in [4.78, 5) is 15.5. The van der Waals surface area contributed by atoms with Gasteiger partial charge in [-0.05, 0) is 36.6 Å². The van der Waals surface area contributed by atoms with Crippen molar-refractivity contribution < 1.29 is 9.18 Å². The van der Waals surface area contributed by atoms with Crippen LogP contribution < -0.4 is 5.32 Å². The number of likely N-dealkylation sites (tertiary alicyclic amines) is 1. The van der Waals surface area contributed by atoms with Crippen molar-refractivity contribution in [3.8, 4) is 0 Å². The number of carbonyl (C=O) groups is 1. The molecule has 2 aliphatic rings. The molecular formula is C15H21ClFN3O. The highest BCUT2D eigenvalue weighted by atomic mass is 35.5. The zero-order valence-electron chi connectivity index (χ0n) is 12.4. The minimum atomic E-state index is -0.182. The van der Waals surface area contributed by atoms with Gasteiger partial charge >= 0.3 is 6.03 Å². The van der Waals surface area contributed by atoms with Gasteiger partial charge in [0.2, 0.25) is 0 Å². The average Bonchev–Trinajstić information content (AvgIpc) is 2.77. The van der Waals surface area contributed by atoms with Crippen molar-refractivity contribution >= 4 is 24.1 Å². The average molecular weight is 314 g/mol. The van der Waals surface area contributed by atoms with Gasteiger partial charge in [-0.25, -0.2) is 9.18 Å². The maximum Gasteiger partial charge on any atom is 0.319 e. The van der Waals surface area contributed by atoms with E-state index in [0.29, 0.717) is 0 Å². The molecule has 2 amide bonds. The first-order valence-electron chi connectivity index (χ1n) is 7.02. The summed E-state index contributed by atoms with van der Waals surface area (Å²) in [6, 6.07) is 5.02. The van der Waals surface area contributed by atoms with Crippen LogP contribution in [-0.4, -0.2) is 49.6 Å². The molecule has 0 aromatic heterocycles. The van der Waals surface area contributed by atoms with Crippen LogP contribution in [0.25, 0.3) is 0 Å². The van der Waals surface area contributed by atoms with Gasteiger partial charge in [0.05, 0.1) is 0 Å². The number of piperidine rings is 1. The third kappa shape index (κ3) is 2.67. The third-order valence-electron chi connectivity index (χ3n) is 4.54. The summed E-state index contributed by atoms with van der Waals surface area (Å²) in [5, 5.41) is 3.37. The summed E-state index contributed by atoms with van der Waals surface area (Å²) in [5.74, 6) is -0.182. The number of rotatable bonds is 0. The number of urea groups is 1. The van der Waals surface area contributed by atoms with E-state index in [1.54, 1.807) is 25.1 Å². The zero-order valence-corrected chi connectivity index (χ0v) is 13.2. The van der Waals surface area contributed by atoms with Gasteiger partial charge in [0.25, 0.3) is 0 Å². The first-order valence-corrected chi connectivity index (χ1v) is 7.02. The predicted octanol–water partition coefficient (Wildman–Crippen LogP) is 2.69. The molecule has 0 atom stereocenters. The van der Waals surface area contributed by atoms with Gasteiger partial charge in [0.1, 0.15) is 5.82 Å². The molecule has 0 radical (unpaired) electrons. The molecule has 3 rings (SSSR count). The summed E-state index contributed by atoms with van der Waals surface area (Å²) < 4.78 is 13.5. The van der Waals surface area contributed by atoms with E-state index in [0.717, 1.165) is 43.7 Å². The Morgan fingerprint density at radius 2 is 2.00 bits per heavy atom. The fourth-order valence-corrected chi connectivity index (χ4v) is 3.32. The van der Waals surface area contributed by atoms with Gasteiger partial charge in [0, 0.05) is 44.8 Å². The van der Waals surface area contributed by atoms with Crippen LogP contribution in [0.15, 0.2) is 18.2 Å². The van der Waals surface area contributed by atoms with Crippen molar-refractivity contribution in [1.82, 2.24) is 9.80 Å². The van der Waals surface area contributed by atoms with Crippen LogP contribution in [0.1, 0.15) is 18.4 Å². The van der Waals surface area contributed by atoms with E-state index < -0.39 is 0 Å². The molecule has 0 unspecified atom stereocenters. The first kappa shape index (κ1) is 15.9. The molecule has 0 bridgehead atoms. The molecule has 2 heterocycles. The molecule has 4 nitrogen and oxygen atoms in total. The molecular weight excluding hydrogens is 293 g/mol. The standard InChI is InChI=1S/C15H20FN3O.ClH/c1-18(2)14(20)19-7-5-15(6-8-19)10-17-13-4-3-11(16)9-12(13)15;/h3-4,9,17H,5-8,10H2,1-2H3;1H. The molecule has 0 saturated carbocycles. The lowest BCUT2D eigenvalue weighted by molar-refractivity contribution is 0.141. The second-order valence-electron chi connectivity index (χ2n) is 5.99.